The van der Waals surface area contributed by atoms with Gasteiger partial charge in [-0.1, -0.05) is 41.4 Å². The van der Waals surface area contributed by atoms with E-state index in [1.165, 1.54) is 29.6 Å². The molecule has 2 aromatic rings. The number of methoxy groups -OCH3 is 1. The average molecular weight is 394 g/mol. The Kier molecular flexibility index (Phi) is 5.37. The molecule has 0 amide bonds. The Morgan fingerprint density at radius 2 is 1.88 bits per heavy atom. The summed E-state index contributed by atoms with van der Waals surface area (Å²) in [6, 6.07) is 10.8. The molecular weight excluding hydrogens is 374 g/mol. The maximum absolute atomic E-state index is 13.1. The molecule has 1 heterocycles. The Balaban J connectivity index is 1.92. The fourth-order valence-electron chi connectivity index (χ4n) is 3.14. The van der Waals surface area contributed by atoms with Gasteiger partial charge in [0.15, 0.2) is 5.78 Å². The highest BCUT2D eigenvalue weighted by atomic mass is 35.5. The van der Waals surface area contributed by atoms with E-state index in [1.807, 2.05) is 19.1 Å². The number of hydrogen-bond acceptors (Lipinski definition) is 4. The molecule has 1 fully saturated rings. The lowest BCUT2D eigenvalue weighted by Gasteiger charge is -2.23. The molecule has 138 valence electrons. The number of ketones is 1. The van der Waals surface area contributed by atoms with Crippen LogP contribution in [0.1, 0.15) is 28.8 Å². The van der Waals surface area contributed by atoms with Gasteiger partial charge in [-0.2, -0.15) is 4.31 Å². The summed E-state index contributed by atoms with van der Waals surface area (Å²) in [6.07, 6.45) is 1.15. The van der Waals surface area contributed by atoms with Crippen molar-refractivity contribution in [2.45, 2.75) is 30.7 Å². The number of rotatable bonds is 5. The molecule has 0 N–H and O–H groups in total. The van der Waals surface area contributed by atoms with E-state index < -0.39 is 16.1 Å². The summed E-state index contributed by atoms with van der Waals surface area (Å²) in [6.45, 7) is 2.25. The van der Waals surface area contributed by atoms with E-state index >= 15 is 0 Å². The minimum atomic E-state index is -3.82. The number of aryl methyl sites for hydroxylation is 1. The molecule has 0 aromatic heterocycles. The third-order valence-electron chi connectivity index (χ3n) is 4.57. The molecule has 3 rings (SSSR count). The first-order chi connectivity index (χ1) is 12.3. The average Bonchev–Trinajstić information content (AvgIpc) is 3.12. The molecule has 0 bridgehead atoms. The van der Waals surface area contributed by atoms with E-state index in [0.29, 0.717) is 30.7 Å². The molecule has 0 aliphatic carbocycles. The van der Waals surface area contributed by atoms with Gasteiger partial charge in [-0.3, -0.25) is 4.79 Å². The van der Waals surface area contributed by atoms with Crippen molar-refractivity contribution in [3.05, 3.63) is 58.6 Å². The number of carbonyl (C=O) groups excluding carboxylic acids is 1. The van der Waals surface area contributed by atoms with Crippen molar-refractivity contribution in [1.82, 2.24) is 4.31 Å². The third-order valence-corrected chi connectivity index (χ3v) is 6.77. The molecule has 0 radical (unpaired) electrons. The highest BCUT2D eigenvalue weighted by Gasteiger charge is 2.39. The van der Waals surface area contributed by atoms with Crippen molar-refractivity contribution in [3.8, 4) is 5.75 Å². The van der Waals surface area contributed by atoms with Gasteiger partial charge >= 0.3 is 0 Å². The van der Waals surface area contributed by atoms with Crippen LogP contribution in [0.15, 0.2) is 47.4 Å². The maximum Gasteiger partial charge on any atom is 0.243 e. The van der Waals surface area contributed by atoms with E-state index in [2.05, 4.69) is 0 Å². The van der Waals surface area contributed by atoms with Crippen LogP contribution >= 0.6 is 11.6 Å². The standard InChI is InChI=1S/C19H20ClNO4S/c1-13-5-7-14(8-6-13)19(22)17-4-3-11-21(17)26(23,24)15-9-10-18(25-2)16(20)12-15/h5-10,12,17H,3-4,11H2,1-2H3. The second kappa shape index (κ2) is 7.39. The predicted octanol–water partition coefficient (Wildman–Crippen LogP) is 3.69. The summed E-state index contributed by atoms with van der Waals surface area (Å²) < 4.78 is 32.5. The van der Waals surface area contributed by atoms with Crippen molar-refractivity contribution in [3.63, 3.8) is 0 Å². The zero-order chi connectivity index (χ0) is 18.9. The number of nitrogens with zero attached hydrogens (tertiary/aromatic N) is 1. The van der Waals surface area contributed by atoms with Gasteiger partial charge in [0.1, 0.15) is 5.75 Å². The van der Waals surface area contributed by atoms with Gasteiger partial charge in [0, 0.05) is 12.1 Å². The van der Waals surface area contributed by atoms with Crippen LogP contribution in [0.4, 0.5) is 0 Å². The highest BCUT2D eigenvalue weighted by Crippen LogP contribution is 2.32. The smallest absolute Gasteiger partial charge is 0.243 e. The van der Waals surface area contributed by atoms with Crippen molar-refractivity contribution in [1.29, 1.82) is 0 Å². The molecule has 1 aliphatic rings. The molecule has 1 unspecified atom stereocenters. The van der Waals surface area contributed by atoms with Crippen LogP contribution in [0.25, 0.3) is 0 Å². The zero-order valence-corrected chi connectivity index (χ0v) is 16.2. The SMILES string of the molecule is COc1ccc(S(=O)(=O)N2CCCC2C(=O)c2ccc(C)cc2)cc1Cl. The molecule has 2 aromatic carbocycles. The minimum Gasteiger partial charge on any atom is -0.495 e. The first kappa shape index (κ1) is 18.9. The second-order valence-corrected chi connectivity index (χ2v) is 8.60. The summed E-state index contributed by atoms with van der Waals surface area (Å²) >= 11 is 6.08. The van der Waals surface area contributed by atoms with Crippen molar-refractivity contribution < 1.29 is 17.9 Å². The molecule has 0 spiro atoms. The van der Waals surface area contributed by atoms with Gasteiger partial charge in [0.05, 0.1) is 23.1 Å². The number of Topliss-reactive ketones (excluding diaryl/α,β-unsaturated/α-hetero) is 1. The van der Waals surface area contributed by atoms with E-state index in [1.54, 1.807) is 12.1 Å². The number of hydrogen-bond donors (Lipinski definition) is 0. The Labute approximate surface area is 158 Å². The van der Waals surface area contributed by atoms with Crippen LogP contribution in [-0.4, -0.2) is 38.2 Å². The molecule has 1 saturated heterocycles. The largest absolute Gasteiger partial charge is 0.495 e. The van der Waals surface area contributed by atoms with Crippen molar-refractivity contribution in [2.75, 3.05) is 13.7 Å². The predicted molar refractivity (Wildman–Crippen MR) is 100 cm³/mol. The van der Waals surface area contributed by atoms with Gasteiger partial charge in [-0.25, -0.2) is 8.42 Å². The van der Waals surface area contributed by atoms with Gasteiger partial charge in [-0.15, -0.1) is 0 Å². The summed E-state index contributed by atoms with van der Waals surface area (Å²) in [5.74, 6) is 0.227. The monoisotopic (exact) mass is 393 g/mol. The molecule has 0 saturated carbocycles. The number of benzene rings is 2. The molecule has 1 aliphatic heterocycles. The Bertz CT molecular complexity index is 925. The molecule has 26 heavy (non-hydrogen) atoms. The Morgan fingerprint density at radius 1 is 1.19 bits per heavy atom. The molecule has 5 nitrogen and oxygen atoms in total. The van der Waals surface area contributed by atoms with Crippen molar-refractivity contribution in [2.24, 2.45) is 0 Å². The van der Waals surface area contributed by atoms with E-state index in [-0.39, 0.29) is 15.7 Å². The van der Waals surface area contributed by atoms with Crippen LogP contribution in [-0.2, 0) is 10.0 Å². The first-order valence-corrected chi connectivity index (χ1v) is 10.1. The summed E-state index contributed by atoms with van der Waals surface area (Å²) in [4.78, 5) is 12.9. The van der Waals surface area contributed by atoms with Crippen LogP contribution in [0.2, 0.25) is 5.02 Å². The lowest BCUT2D eigenvalue weighted by molar-refractivity contribution is 0.0918. The fourth-order valence-corrected chi connectivity index (χ4v) is 5.15. The Morgan fingerprint density at radius 3 is 2.50 bits per heavy atom. The molecule has 1 atom stereocenters. The Hall–Kier alpha value is -1.89. The van der Waals surface area contributed by atoms with Crippen LogP contribution < -0.4 is 4.74 Å². The first-order valence-electron chi connectivity index (χ1n) is 8.31. The quantitative estimate of drug-likeness (QED) is 0.726. The van der Waals surface area contributed by atoms with Gasteiger partial charge in [0.25, 0.3) is 0 Å². The number of halogens is 1. The highest BCUT2D eigenvalue weighted by molar-refractivity contribution is 7.89. The van der Waals surface area contributed by atoms with Gasteiger partial charge in [0.2, 0.25) is 10.0 Å². The molecular formula is C19H20ClNO4S. The minimum absolute atomic E-state index is 0.0620. The van der Waals surface area contributed by atoms with Crippen LogP contribution in [0.5, 0.6) is 5.75 Å². The lowest BCUT2D eigenvalue weighted by atomic mass is 10.0. The normalized spacial score (nSPS) is 18.0. The van der Waals surface area contributed by atoms with E-state index in [9.17, 15) is 13.2 Å². The van der Waals surface area contributed by atoms with Gasteiger partial charge in [-0.05, 0) is 38.0 Å². The van der Waals surface area contributed by atoms with Crippen molar-refractivity contribution >= 4 is 27.4 Å². The zero-order valence-electron chi connectivity index (χ0n) is 14.6. The van der Waals surface area contributed by atoms with E-state index in [0.717, 1.165) is 5.56 Å². The second-order valence-electron chi connectivity index (χ2n) is 6.30. The summed E-state index contributed by atoms with van der Waals surface area (Å²) in [5, 5.41) is 0.217. The summed E-state index contributed by atoms with van der Waals surface area (Å²) in [7, 11) is -2.36. The number of ether oxygens (including phenoxy) is 1. The third kappa shape index (κ3) is 3.49. The van der Waals surface area contributed by atoms with Gasteiger partial charge < -0.3 is 4.74 Å². The maximum atomic E-state index is 13.1. The fraction of sp³-hybridized carbons (Fsp3) is 0.316. The van der Waals surface area contributed by atoms with Crippen LogP contribution in [0, 0.1) is 6.92 Å². The topological polar surface area (TPSA) is 63.7 Å². The van der Waals surface area contributed by atoms with E-state index in [4.69, 9.17) is 16.3 Å². The lowest BCUT2D eigenvalue weighted by Crippen LogP contribution is -2.40. The van der Waals surface area contributed by atoms with Crippen LogP contribution in [0.3, 0.4) is 0 Å². The number of carbonyl (C=O) groups is 1. The molecule has 7 heteroatoms. The summed E-state index contributed by atoms with van der Waals surface area (Å²) in [5.41, 5.74) is 1.57. The number of sulfonamides is 1.